The molecule has 0 amide bonds. The van der Waals surface area contributed by atoms with E-state index in [1.807, 2.05) is 18.7 Å². The predicted molar refractivity (Wildman–Crippen MR) is 114 cm³/mol. The normalized spacial score (nSPS) is 17.1. The number of carbonyl (C=O) groups excluding carboxylic acids is 1. The van der Waals surface area contributed by atoms with E-state index in [4.69, 9.17) is 9.47 Å². The Kier molecular flexibility index (Phi) is 5.05. The van der Waals surface area contributed by atoms with Gasteiger partial charge >= 0.3 is 0 Å². The van der Waals surface area contributed by atoms with Gasteiger partial charge in [0.15, 0.2) is 17.4 Å². The lowest BCUT2D eigenvalue weighted by Crippen LogP contribution is -2.62. The molecule has 3 aromatic rings. The zero-order chi connectivity index (χ0) is 22.3. The molecule has 0 bridgehead atoms. The number of Topliss-reactive ketones (excluding diaryl/α,β-unsaturated/α-hetero) is 1. The van der Waals surface area contributed by atoms with E-state index in [0.717, 1.165) is 5.69 Å². The van der Waals surface area contributed by atoms with Crippen molar-refractivity contribution >= 4 is 11.6 Å². The molecular weight excluding hydrogens is 413 g/mol. The molecule has 1 spiro atoms. The molecular formula is C23H22FN5O3. The third-order valence-corrected chi connectivity index (χ3v) is 5.72. The van der Waals surface area contributed by atoms with Crippen LogP contribution in [0.5, 0.6) is 11.5 Å². The van der Waals surface area contributed by atoms with E-state index >= 15 is 0 Å². The second-order valence-electron chi connectivity index (χ2n) is 8.47. The van der Waals surface area contributed by atoms with Gasteiger partial charge in [0.1, 0.15) is 36.4 Å². The van der Waals surface area contributed by atoms with E-state index in [1.54, 1.807) is 18.5 Å². The molecule has 2 aliphatic heterocycles. The van der Waals surface area contributed by atoms with Crippen LogP contribution in [-0.2, 0) is 9.53 Å². The van der Waals surface area contributed by atoms with Gasteiger partial charge in [0.05, 0.1) is 25.0 Å². The van der Waals surface area contributed by atoms with Crippen molar-refractivity contribution in [3.8, 4) is 22.6 Å². The van der Waals surface area contributed by atoms with Crippen LogP contribution in [0.4, 0.5) is 10.2 Å². The summed E-state index contributed by atoms with van der Waals surface area (Å²) < 4.78 is 26.1. The van der Waals surface area contributed by atoms with Crippen LogP contribution in [0, 0.1) is 5.82 Å². The van der Waals surface area contributed by atoms with Crippen molar-refractivity contribution in [2.45, 2.75) is 31.8 Å². The minimum absolute atomic E-state index is 0.116. The fraction of sp³-hybridized carbons (Fsp3) is 0.348. The van der Waals surface area contributed by atoms with Crippen LogP contribution in [0.25, 0.3) is 11.1 Å². The standard InChI is InChI=1S/C23H22FN5O3/c1-14(2)21-18(7-25-12-27-21)17-5-15(24)3-4-19(17)32-20-8-26-13-28-22(20)29-10-23(11-29)6-16(30)9-31-23/h3-5,7-8,12-14H,6,9-11H2,1-2H3. The second kappa shape index (κ2) is 7.90. The van der Waals surface area contributed by atoms with Crippen LogP contribution in [0.1, 0.15) is 31.9 Å². The van der Waals surface area contributed by atoms with E-state index in [1.165, 1.54) is 24.8 Å². The number of nitrogens with zero attached hydrogens (tertiary/aromatic N) is 5. The summed E-state index contributed by atoms with van der Waals surface area (Å²) in [7, 11) is 0. The summed E-state index contributed by atoms with van der Waals surface area (Å²) in [6, 6.07) is 4.34. The molecule has 164 valence electrons. The van der Waals surface area contributed by atoms with Crippen molar-refractivity contribution < 1.29 is 18.7 Å². The van der Waals surface area contributed by atoms with E-state index in [9.17, 15) is 9.18 Å². The molecule has 2 aromatic heterocycles. The molecule has 0 atom stereocenters. The Morgan fingerprint density at radius 1 is 1.09 bits per heavy atom. The fourth-order valence-corrected chi connectivity index (χ4v) is 4.24. The molecule has 0 radical (unpaired) electrons. The molecule has 32 heavy (non-hydrogen) atoms. The Morgan fingerprint density at radius 2 is 1.88 bits per heavy atom. The first kappa shape index (κ1) is 20.4. The fourth-order valence-electron chi connectivity index (χ4n) is 4.24. The molecule has 0 saturated carbocycles. The van der Waals surface area contributed by atoms with E-state index in [2.05, 4.69) is 19.9 Å². The van der Waals surface area contributed by atoms with Gasteiger partial charge in [0, 0.05) is 23.7 Å². The Labute approximate surface area is 184 Å². The van der Waals surface area contributed by atoms with Crippen LogP contribution < -0.4 is 9.64 Å². The molecule has 2 aliphatic rings. The van der Waals surface area contributed by atoms with E-state index < -0.39 is 5.60 Å². The summed E-state index contributed by atoms with van der Waals surface area (Å²) in [5.41, 5.74) is 1.62. The molecule has 4 heterocycles. The van der Waals surface area contributed by atoms with Crippen LogP contribution in [0.2, 0.25) is 0 Å². The third kappa shape index (κ3) is 3.69. The maximum Gasteiger partial charge on any atom is 0.188 e. The minimum Gasteiger partial charge on any atom is -0.451 e. The number of rotatable bonds is 5. The topological polar surface area (TPSA) is 90.3 Å². The number of hydrogen-bond acceptors (Lipinski definition) is 8. The first-order chi connectivity index (χ1) is 15.4. The van der Waals surface area contributed by atoms with Gasteiger partial charge in [-0.25, -0.2) is 24.3 Å². The summed E-state index contributed by atoms with van der Waals surface area (Å²) >= 11 is 0. The molecule has 2 fully saturated rings. The predicted octanol–water partition coefficient (Wildman–Crippen LogP) is 3.54. The Bertz CT molecular complexity index is 1180. The number of carbonyl (C=O) groups is 1. The van der Waals surface area contributed by atoms with Gasteiger partial charge in [-0.1, -0.05) is 13.8 Å². The average molecular weight is 435 g/mol. The van der Waals surface area contributed by atoms with Crippen LogP contribution >= 0.6 is 0 Å². The Morgan fingerprint density at radius 3 is 2.62 bits per heavy atom. The molecule has 1 aromatic carbocycles. The molecule has 5 rings (SSSR count). The van der Waals surface area contributed by atoms with Gasteiger partial charge in [-0.05, 0) is 24.1 Å². The number of aromatic nitrogens is 4. The zero-order valence-corrected chi connectivity index (χ0v) is 17.8. The van der Waals surface area contributed by atoms with Gasteiger partial charge in [0.2, 0.25) is 0 Å². The highest BCUT2D eigenvalue weighted by atomic mass is 19.1. The quantitative estimate of drug-likeness (QED) is 0.601. The minimum atomic E-state index is -0.437. The summed E-state index contributed by atoms with van der Waals surface area (Å²) in [5.74, 6) is 1.32. The largest absolute Gasteiger partial charge is 0.451 e. The maximum absolute atomic E-state index is 14.2. The zero-order valence-electron chi connectivity index (χ0n) is 17.8. The molecule has 9 heteroatoms. The van der Waals surface area contributed by atoms with E-state index in [0.29, 0.717) is 48.0 Å². The molecule has 8 nitrogen and oxygen atoms in total. The number of halogens is 1. The van der Waals surface area contributed by atoms with Crippen LogP contribution in [-0.4, -0.2) is 51.0 Å². The first-order valence-electron chi connectivity index (χ1n) is 10.4. The maximum atomic E-state index is 14.2. The summed E-state index contributed by atoms with van der Waals surface area (Å²) in [5, 5.41) is 0. The lowest BCUT2D eigenvalue weighted by molar-refractivity contribution is -0.117. The average Bonchev–Trinajstić information content (AvgIpc) is 3.16. The highest BCUT2D eigenvalue weighted by molar-refractivity contribution is 5.83. The number of ketones is 1. The van der Waals surface area contributed by atoms with E-state index in [-0.39, 0.29) is 24.1 Å². The second-order valence-corrected chi connectivity index (χ2v) is 8.47. The Balaban J connectivity index is 1.47. The smallest absolute Gasteiger partial charge is 0.188 e. The number of anilines is 1. The van der Waals surface area contributed by atoms with Gasteiger partial charge in [-0.2, -0.15) is 0 Å². The SMILES string of the molecule is CC(C)c1ncncc1-c1cc(F)ccc1Oc1cncnc1N1CC2(CC(=O)CO2)C1. The monoisotopic (exact) mass is 435 g/mol. The van der Waals surface area contributed by atoms with Gasteiger partial charge in [-0.3, -0.25) is 4.79 Å². The summed E-state index contributed by atoms with van der Waals surface area (Å²) in [6.45, 7) is 5.30. The van der Waals surface area contributed by atoms with Crippen molar-refractivity contribution in [3.63, 3.8) is 0 Å². The van der Waals surface area contributed by atoms with Crippen molar-refractivity contribution in [1.29, 1.82) is 0 Å². The van der Waals surface area contributed by atoms with Gasteiger partial charge in [0.25, 0.3) is 0 Å². The summed E-state index contributed by atoms with van der Waals surface area (Å²) in [4.78, 5) is 30.6. The number of ether oxygens (including phenoxy) is 2. The molecule has 0 aliphatic carbocycles. The van der Waals surface area contributed by atoms with Crippen molar-refractivity contribution in [2.24, 2.45) is 0 Å². The molecule has 2 saturated heterocycles. The highest BCUT2D eigenvalue weighted by Gasteiger charge is 2.50. The first-order valence-corrected chi connectivity index (χ1v) is 10.4. The van der Waals surface area contributed by atoms with Crippen LogP contribution in [0.15, 0.2) is 43.2 Å². The van der Waals surface area contributed by atoms with Gasteiger partial charge < -0.3 is 14.4 Å². The number of hydrogen-bond donors (Lipinski definition) is 0. The number of benzene rings is 1. The molecule has 0 unspecified atom stereocenters. The highest BCUT2D eigenvalue weighted by Crippen LogP contribution is 2.42. The summed E-state index contributed by atoms with van der Waals surface area (Å²) in [6.07, 6.45) is 6.59. The van der Waals surface area contributed by atoms with Crippen LogP contribution in [0.3, 0.4) is 0 Å². The van der Waals surface area contributed by atoms with Crippen molar-refractivity contribution in [1.82, 2.24) is 19.9 Å². The Hall–Kier alpha value is -3.46. The van der Waals surface area contributed by atoms with Crippen molar-refractivity contribution in [3.05, 3.63) is 54.8 Å². The van der Waals surface area contributed by atoms with Gasteiger partial charge in [-0.15, -0.1) is 0 Å². The molecule has 0 N–H and O–H groups in total. The lowest BCUT2D eigenvalue weighted by atomic mass is 9.90. The van der Waals surface area contributed by atoms with Crippen molar-refractivity contribution in [2.75, 3.05) is 24.6 Å². The third-order valence-electron chi connectivity index (χ3n) is 5.72. The lowest BCUT2D eigenvalue weighted by Gasteiger charge is -2.47.